The topological polar surface area (TPSA) is 144 Å². The molecule has 3 rings (SSSR count). The predicted molar refractivity (Wildman–Crippen MR) is 94.8 cm³/mol. The molecule has 0 aliphatic carbocycles. The van der Waals surface area contributed by atoms with Crippen LogP contribution in [0.15, 0.2) is 17.5 Å². The number of nitrogens with zero attached hydrogens (tertiary/aromatic N) is 1. The van der Waals surface area contributed by atoms with Crippen LogP contribution in [-0.4, -0.2) is 59.5 Å². The van der Waals surface area contributed by atoms with Crippen LogP contribution in [0, 0.1) is 0 Å². The van der Waals surface area contributed by atoms with Crippen LogP contribution in [0.5, 0.6) is 0 Å². The normalized spacial score (nSPS) is 28.2. The Kier molecular flexibility index (Phi) is 4.73. The minimum atomic E-state index is -4.57. The van der Waals surface area contributed by atoms with Crippen molar-refractivity contribution >= 4 is 48.5 Å². The summed E-state index contributed by atoms with van der Waals surface area (Å²) in [5.41, 5.74) is 0. The van der Waals surface area contributed by atoms with Gasteiger partial charge < -0.3 is 25.1 Å². The maximum absolute atomic E-state index is 12.4. The summed E-state index contributed by atoms with van der Waals surface area (Å²) in [6, 6.07) is 2.14. The molecule has 26 heavy (non-hydrogen) atoms. The molecular formula is C14H17N2O7PS2. The van der Waals surface area contributed by atoms with Gasteiger partial charge in [-0.3, -0.25) is 18.9 Å². The molecule has 4 N–H and O–H groups in total. The first-order valence-corrected chi connectivity index (χ1v) is 11.0. The maximum Gasteiger partial charge on any atom is 0.349 e. The summed E-state index contributed by atoms with van der Waals surface area (Å²) in [5, 5.41) is 12.8. The third-order valence-electron chi connectivity index (χ3n) is 4.34. The molecule has 2 fully saturated rings. The van der Waals surface area contributed by atoms with E-state index in [9.17, 15) is 33.8 Å². The summed E-state index contributed by atoms with van der Waals surface area (Å²) >= 11 is 2.30. The molecule has 0 aromatic carbocycles. The smallest absolute Gasteiger partial charge is 0.349 e. The van der Waals surface area contributed by atoms with Crippen LogP contribution in [0.3, 0.4) is 0 Å². The number of carbonyl (C=O) groups excluding carboxylic acids is 2. The maximum atomic E-state index is 12.4. The molecule has 1 aromatic rings. The van der Waals surface area contributed by atoms with E-state index in [-0.39, 0.29) is 0 Å². The first-order valence-electron chi connectivity index (χ1n) is 7.57. The van der Waals surface area contributed by atoms with Crippen molar-refractivity contribution in [2.24, 2.45) is 0 Å². The summed E-state index contributed by atoms with van der Waals surface area (Å²) < 4.78 is 10.9. The number of carbonyl (C=O) groups is 3. The van der Waals surface area contributed by atoms with Crippen LogP contribution in [0.4, 0.5) is 0 Å². The van der Waals surface area contributed by atoms with E-state index in [1.807, 2.05) is 0 Å². The summed E-state index contributed by atoms with van der Waals surface area (Å²) in [5.74, 6) is -5.49. The molecule has 2 aliphatic heterocycles. The Morgan fingerprint density at radius 3 is 2.54 bits per heavy atom. The van der Waals surface area contributed by atoms with Crippen molar-refractivity contribution in [3.05, 3.63) is 22.4 Å². The second kappa shape index (κ2) is 6.35. The zero-order valence-corrected chi connectivity index (χ0v) is 16.3. The molecular weight excluding hydrogens is 403 g/mol. The van der Waals surface area contributed by atoms with Gasteiger partial charge in [-0.2, -0.15) is 0 Å². The fourth-order valence-corrected chi connectivity index (χ4v) is 7.74. The number of carboxylic acids is 1. The van der Waals surface area contributed by atoms with Crippen LogP contribution >= 0.6 is 30.7 Å². The number of rotatable bonds is 5. The van der Waals surface area contributed by atoms with E-state index in [0.29, 0.717) is 4.88 Å². The highest BCUT2D eigenvalue weighted by Gasteiger charge is 2.66. The molecule has 4 atom stereocenters. The lowest BCUT2D eigenvalue weighted by atomic mass is 10.0. The Balaban J connectivity index is 1.79. The number of nitrogens with one attached hydrogen (secondary N) is 1. The lowest BCUT2D eigenvalue weighted by Gasteiger charge is -2.44. The third-order valence-corrected chi connectivity index (χ3v) is 8.56. The van der Waals surface area contributed by atoms with Crippen molar-refractivity contribution in [3.8, 4) is 0 Å². The Labute approximate surface area is 156 Å². The van der Waals surface area contributed by atoms with Crippen molar-refractivity contribution in [2.45, 2.75) is 41.7 Å². The molecule has 2 aliphatic rings. The third kappa shape index (κ3) is 3.07. The van der Waals surface area contributed by atoms with Gasteiger partial charge in [0, 0.05) is 9.62 Å². The molecule has 4 unspecified atom stereocenters. The standard InChI is InChI=1S/C14H17N2O7PS2/c1-14(2)13(24(21,22)23)16-10(18)8(11(16)26-14)15-9(17)7(12(19)20)6-4-3-5-25-6/h3-5,7-8,11,13H,1-2H3,(H,15,17)(H,19,20)(H2,21,22,23). The first-order chi connectivity index (χ1) is 11.9. The SMILES string of the molecule is CC1(C)SC2C(NC(=O)C(C(=O)O)c3cccs3)C(=O)N2C1P(=O)(O)O. The van der Waals surface area contributed by atoms with Gasteiger partial charge in [0.25, 0.3) is 0 Å². The van der Waals surface area contributed by atoms with E-state index >= 15 is 0 Å². The van der Waals surface area contributed by atoms with Crippen LogP contribution in [-0.2, 0) is 18.9 Å². The van der Waals surface area contributed by atoms with E-state index < -0.39 is 53.2 Å². The number of hydrogen-bond donors (Lipinski definition) is 4. The van der Waals surface area contributed by atoms with Gasteiger partial charge in [-0.15, -0.1) is 23.1 Å². The molecule has 9 nitrogen and oxygen atoms in total. The molecule has 2 amide bonds. The highest BCUT2D eigenvalue weighted by molar-refractivity contribution is 8.02. The van der Waals surface area contributed by atoms with E-state index in [1.54, 1.807) is 25.3 Å². The average Bonchev–Trinajstić information content (AvgIpc) is 3.08. The summed E-state index contributed by atoms with van der Waals surface area (Å²) in [7, 11) is -4.57. The van der Waals surface area contributed by atoms with Gasteiger partial charge in [0.05, 0.1) is 0 Å². The van der Waals surface area contributed by atoms with Crippen LogP contribution in [0.1, 0.15) is 24.6 Å². The number of hydrogen-bond acceptors (Lipinski definition) is 6. The molecule has 0 saturated carbocycles. The molecule has 12 heteroatoms. The molecule has 142 valence electrons. The van der Waals surface area contributed by atoms with Gasteiger partial charge in [0.1, 0.15) is 17.2 Å². The van der Waals surface area contributed by atoms with Crippen molar-refractivity contribution in [1.82, 2.24) is 10.2 Å². The van der Waals surface area contributed by atoms with Gasteiger partial charge >= 0.3 is 13.6 Å². The van der Waals surface area contributed by atoms with E-state index in [2.05, 4.69) is 5.32 Å². The number of β-lactam (4-membered cyclic amide) rings is 1. The van der Waals surface area contributed by atoms with Crippen molar-refractivity contribution < 1.29 is 33.8 Å². The Bertz CT molecular complexity index is 806. The minimum Gasteiger partial charge on any atom is -0.480 e. The highest BCUT2D eigenvalue weighted by atomic mass is 32.2. The monoisotopic (exact) mass is 420 g/mol. The van der Waals surface area contributed by atoms with E-state index in [0.717, 1.165) is 16.2 Å². The van der Waals surface area contributed by atoms with Crippen LogP contribution < -0.4 is 5.32 Å². The number of fused-ring (bicyclic) bond motifs is 1. The fourth-order valence-electron chi connectivity index (χ4n) is 3.33. The molecule has 2 saturated heterocycles. The largest absolute Gasteiger partial charge is 0.480 e. The highest BCUT2D eigenvalue weighted by Crippen LogP contribution is 2.62. The van der Waals surface area contributed by atoms with Crippen molar-refractivity contribution in [2.75, 3.05) is 0 Å². The van der Waals surface area contributed by atoms with Gasteiger partial charge in [-0.25, -0.2) is 0 Å². The second-order valence-electron chi connectivity index (χ2n) is 6.59. The second-order valence-corrected chi connectivity index (χ2v) is 11.0. The predicted octanol–water partition coefficient (Wildman–Crippen LogP) is 0.599. The molecule has 1 aromatic heterocycles. The van der Waals surface area contributed by atoms with E-state index in [1.165, 1.54) is 17.8 Å². The fraction of sp³-hybridized carbons (Fsp3) is 0.500. The van der Waals surface area contributed by atoms with Gasteiger partial charge in [-0.05, 0) is 25.3 Å². The number of thiophene rings is 1. The quantitative estimate of drug-likeness (QED) is 0.308. The lowest BCUT2D eigenvalue weighted by Crippen LogP contribution is -2.69. The van der Waals surface area contributed by atoms with Gasteiger partial charge in [0.15, 0.2) is 5.92 Å². The van der Waals surface area contributed by atoms with Gasteiger partial charge in [-0.1, -0.05) is 6.07 Å². The number of amides is 2. The Morgan fingerprint density at radius 1 is 1.38 bits per heavy atom. The average molecular weight is 420 g/mol. The summed E-state index contributed by atoms with van der Waals surface area (Å²) in [4.78, 5) is 56.9. The van der Waals surface area contributed by atoms with Crippen LogP contribution in [0.25, 0.3) is 0 Å². The Hall–Kier alpha value is -1.39. The molecule has 0 bridgehead atoms. The zero-order chi connectivity index (χ0) is 19.4. The zero-order valence-electron chi connectivity index (χ0n) is 13.7. The summed E-state index contributed by atoms with van der Waals surface area (Å²) in [6.45, 7) is 3.25. The number of thioether (sulfide) groups is 1. The summed E-state index contributed by atoms with van der Waals surface area (Å²) in [6.07, 6.45) is 0. The van der Waals surface area contributed by atoms with Crippen molar-refractivity contribution in [1.29, 1.82) is 0 Å². The number of aliphatic carboxylic acids is 1. The van der Waals surface area contributed by atoms with Gasteiger partial charge in [0.2, 0.25) is 11.8 Å². The van der Waals surface area contributed by atoms with Crippen molar-refractivity contribution in [3.63, 3.8) is 0 Å². The molecule has 0 radical (unpaired) electrons. The van der Waals surface area contributed by atoms with E-state index in [4.69, 9.17) is 0 Å². The molecule has 3 heterocycles. The Morgan fingerprint density at radius 2 is 2.04 bits per heavy atom. The lowest BCUT2D eigenvalue weighted by molar-refractivity contribution is -0.152. The number of carboxylic acid groups (broad SMARTS) is 1. The first kappa shape index (κ1) is 19.4. The minimum absolute atomic E-state index is 0.339. The van der Waals surface area contributed by atoms with Crippen LogP contribution in [0.2, 0.25) is 0 Å². The molecule has 0 spiro atoms.